The van der Waals surface area contributed by atoms with Gasteiger partial charge in [-0.3, -0.25) is 4.79 Å². The molecule has 1 heterocycles. The van der Waals surface area contributed by atoms with Crippen molar-refractivity contribution in [3.05, 3.63) is 87.9 Å². The molecule has 0 unspecified atom stereocenters. The summed E-state index contributed by atoms with van der Waals surface area (Å²) in [6, 6.07) is 19.7. The van der Waals surface area contributed by atoms with E-state index in [4.69, 9.17) is 27.6 Å². The molecule has 0 aliphatic rings. The molecule has 3 aromatic carbocycles. The maximum atomic E-state index is 12.6. The Morgan fingerprint density at radius 3 is 2.48 bits per heavy atom. The molecule has 5 nitrogen and oxygen atoms in total. The van der Waals surface area contributed by atoms with E-state index in [1.54, 1.807) is 36.4 Å². The van der Waals surface area contributed by atoms with Gasteiger partial charge >= 0.3 is 0 Å². The lowest BCUT2D eigenvalue weighted by Crippen LogP contribution is -2.12. The van der Waals surface area contributed by atoms with Crippen molar-refractivity contribution in [1.29, 1.82) is 0 Å². The lowest BCUT2D eigenvalue weighted by molar-refractivity contribution is 0.102. The summed E-state index contributed by atoms with van der Waals surface area (Å²) >= 11 is 12.0. The van der Waals surface area contributed by atoms with Crippen LogP contribution >= 0.6 is 23.2 Å². The van der Waals surface area contributed by atoms with Crippen molar-refractivity contribution in [1.82, 2.24) is 10.2 Å². The normalized spacial score (nSPS) is 10.7. The highest BCUT2D eigenvalue weighted by atomic mass is 35.5. The summed E-state index contributed by atoms with van der Waals surface area (Å²) in [4.78, 5) is 12.6. The van der Waals surface area contributed by atoms with Crippen molar-refractivity contribution in [3.8, 4) is 22.9 Å². The minimum Gasteiger partial charge on any atom is -0.416 e. The van der Waals surface area contributed by atoms with E-state index in [1.165, 1.54) is 0 Å². The fourth-order valence-electron chi connectivity index (χ4n) is 2.84. The lowest BCUT2D eigenvalue weighted by atomic mass is 10.1. The van der Waals surface area contributed by atoms with Crippen LogP contribution in [0.1, 0.15) is 15.9 Å². The number of hydrogen-bond donors (Lipinski definition) is 1. The number of halogens is 2. The maximum absolute atomic E-state index is 12.6. The van der Waals surface area contributed by atoms with Crippen LogP contribution in [0.4, 0.5) is 5.69 Å². The molecule has 144 valence electrons. The number of amides is 1. The van der Waals surface area contributed by atoms with Crippen molar-refractivity contribution in [2.24, 2.45) is 0 Å². The number of rotatable bonds is 4. The smallest absolute Gasteiger partial charge is 0.255 e. The zero-order chi connectivity index (χ0) is 20.4. The van der Waals surface area contributed by atoms with E-state index in [1.807, 2.05) is 37.3 Å². The Bertz CT molecular complexity index is 1200. The van der Waals surface area contributed by atoms with E-state index in [-0.39, 0.29) is 11.8 Å². The molecule has 7 heteroatoms. The third kappa shape index (κ3) is 4.16. The van der Waals surface area contributed by atoms with Crippen LogP contribution in [0.15, 0.2) is 71.1 Å². The highest BCUT2D eigenvalue weighted by molar-refractivity contribution is 6.42. The van der Waals surface area contributed by atoms with Crippen LogP contribution in [-0.2, 0) is 0 Å². The van der Waals surface area contributed by atoms with Crippen molar-refractivity contribution in [2.75, 3.05) is 5.32 Å². The zero-order valence-corrected chi connectivity index (χ0v) is 16.8. The molecule has 0 spiro atoms. The Morgan fingerprint density at radius 1 is 0.897 bits per heavy atom. The molecule has 0 saturated carbocycles. The van der Waals surface area contributed by atoms with Crippen molar-refractivity contribution < 1.29 is 9.21 Å². The molecule has 0 fully saturated rings. The van der Waals surface area contributed by atoms with Crippen LogP contribution in [0.5, 0.6) is 0 Å². The molecule has 0 bridgehead atoms. The number of nitrogens with zero attached hydrogens (tertiary/aromatic N) is 2. The van der Waals surface area contributed by atoms with Gasteiger partial charge < -0.3 is 9.73 Å². The van der Waals surface area contributed by atoms with Gasteiger partial charge in [0.1, 0.15) is 0 Å². The second-order valence-electron chi connectivity index (χ2n) is 6.41. The number of carbonyl (C=O) groups excluding carboxylic acids is 1. The first-order valence-electron chi connectivity index (χ1n) is 8.77. The molecule has 1 aromatic heterocycles. The van der Waals surface area contributed by atoms with E-state index in [0.29, 0.717) is 38.3 Å². The third-order valence-corrected chi connectivity index (χ3v) is 5.02. The molecule has 0 aliphatic heterocycles. The van der Waals surface area contributed by atoms with Crippen molar-refractivity contribution in [3.63, 3.8) is 0 Å². The van der Waals surface area contributed by atoms with Gasteiger partial charge in [-0.1, -0.05) is 53.0 Å². The number of carbonyl (C=O) groups is 1. The molecule has 1 N–H and O–H groups in total. The molecule has 1 amide bonds. The van der Waals surface area contributed by atoms with Crippen LogP contribution in [0.2, 0.25) is 10.0 Å². The van der Waals surface area contributed by atoms with E-state index in [9.17, 15) is 4.79 Å². The third-order valence-electron chi connectivity index (χ3n) is 4.28. The fraction of sp³-hybridized carbons (Fsp3) is 0.0455. The predicted octanol–water partition coefficient (Wildman–Crippen LogP) is 6.27. The van der Waals surface area contributed by atoms with Crippen LogP contribution in [0.25, 0.3) is 22.9 Å². The number of benzene rings is 3. The minimum absolute atomic E-state index is 0.217. The number of hydrogen-bond acceptors (Lipinski definition) is 4. The van der Waals surface area contributed by atoms with E-state index in [0.717, 1.165) is 5.56 Å². The van der Waals surface area contributed by atoms with E-state index in [2.05, 4.69) is 15.5 Å². The average Bonchev–Trinajstić information content (AvgIpc) is 3.20. The largest absolute Gasteiger partial charge is 0.416 e. The van der Waals surface area contributed by atoms with Gasteiger partial charge in [-0.2, -0.15) is 0 Å². The number of nitrogens with one attached hydrogen (secondary N) is 1. The minimum atomic E-state index is -0.217. The number of aromatic nitrogens is 2. The Labute approximate surface area is 177 Å². The van der Waals surface area contributed by atoms with E-state index < -0.39 is 0 Å². The van der Waals surface area contributed by atoms with Crippen molar-refractivity contribution >= 4 is 34.8 Å². The number of anilines is 1. The van der Waals surface area contributed by atoms with Gasteiger partial charge in [0.25, 0.3) is 5.91 Å². The monoisotopic (exact) mass is 423 g/mol. The van der Waals surface area contributed by atoms with E-state index >= 15 is 0 Å². The van der Waals surface area contributed by atoms with Crippen LogP contribution in [-0.4, -0.2) is 16.1 Å². The first kappa shape index (κ1) is 19.2. The highest BCUT2D eigenvalue weighted by Gasteiger charge is 2.16. The average molecular weight is 424 g/mol. The van der Waals surface area contributed by atoms with Crippen LogP contribution < -0.4 is 5.32 Å². The maximum Gasteiger partial charge on any atom is 0.255 e. The molecule has 29 heavy (non-hydrogen) atoms. The Hall–Kier alpha value is -3.15. The molecular formula is C22H15Cl2N3O2. The first-order chi connectivity index (χ1) is 14.0. The summed E-state index contributed by atoms with van der Waals surface area (Å²) in [7, 11) is 0. The molecule has 0 saturated heterocycles. The second kappa shape index (κ2) is 8.07. The van der Waals surface area contributed by atoms with Gasteiger partial charge in [0, 0.05) is 11.1 Å². The van der Waals surface area contributed by atoms with Gasteiger partial charge in [-0.25, -0.2) is 0 Å². The Kier molecular flexibility index (Phi) is 5.34. The summed E-state index contributed by atoms with van der Waals surface area (Å²) < 4.78 is 5.82. The molecule has 4 rings (SSSR count). The summed E-state index contributed by atoms with van der Waals surface area (Å²) in [5.74, 6) is 0.370. The predicted molar refractivity (Wildman–Crippen MR) is 114 cm³/mol. The second-order valence-corrected chi connectivity index (χ2v) is 7.22. The molecular weight excluding hydrogens is 409 g/mol. The number of aryl methyl sites for hydroxylation is 1. The van der Waals surface area contributed by atoms with Gasteiger partial charge in [0.2, 0.25) is 11.8 Å². The number of para-hydroxylation sites is 1. The zero-order valence-electron chi connectivity index (χ0n) is 15.3. The molecule has 4 aromatic rings. The summed E-state index contributed by atoms with van der Waals surface area (Å²) in [6.07, 6.45) is 0. The fourth-order valence-corrected chi connectivity index (χ4v) is 3.14. The summed E-state index contributed by atoms with van der Waals surface area (Å²) in [5, 5.41) is 12.0. The quantitative estimate of drug-likeness (QED) is 0.419. The van der Waals surface area contributed by atoms with Crippen LogP contribution in [0, 0.1) is 6.92 Å². The molecule has 0 atom stereocenters. The molecule has 0 aliphatic carbocycles. The van der Waals surface area contributed by atoms with Crippen LogP contribution in [0.3, 0.4) is 0 Å². The Balaban J connectivity index is 1.64. The summed E-state index contributed by atoms with van der Waals surface area (Å²) in [6.45, 7) is 1.94. The standard InChI is InChI=1S/C22H15Cl2N3O2/c1-13-5-4-6-14(11-13)20(28)25-19-8-3-2-7-16(19)22-27-26-21(29-22)15-9-10-17(23)18(24)12-15/h2-12H,1H3,(H,25,28). The van der Waals surface area contributed by atoms with Crippen molar-refractivity contribution in [2.45, 2.75) is 6.92 Å². The van der Waals surface area contributed by atoms with Gasteiger partial charge in [-0.15, -0.1) is 10.2 Å². The topological polar surface area (TPSA) is 68.0 Å². The van der Waals surface area contributed by atoms with Gasteiger partial charge in [-0.05, 0) is 49.4 Å². The van der Waals surface area contributed by atoms with Gasteiger partial charge in [0.15, 0.2) is 0 Å². The first-order valence-corrected chi connectivity index (χ1v) is 9.53. The lowest BCUT2D eigenvalue weighted by Gasteiger charge is -2.09. The SMILES string of the molecule is Cc1cccc(C(=O)Nc2ccccc2-c2nnc(-c3ccc(Cl)c(Cl)c3)o2)c1. The highest BCUT2D eigenvalue weighted by Crippen LogP contribution is 2.32. The van der Waals surface area contributed by atoms with Gasteiger partial charge in [0.05, 0.1) is 21.3 Å². The Morgan fingerprint density at radius 2 is 1.69 bits per heavy atom. The summed E-state index contributed by atoms with van der Waals surface area (Å²) in [5.41, 5.74) is 3.42. The molecule has 0 radical (unpaired) electrons.